The maximum Gasteiger partial charge on any atom is 0.354 e. The van der Waals surface area contributed by atoms with Crippen LogP contribution in [0.5, 0.6) is 0 Å². The van der Waals surface area contributed by atoms with E-state index in [1.165, 1.54) is 12.8 Å². The first kappa shape index (κ1) is 12.9. The second-order valence-corrected chi connectivity index (χ2v) is 6.37. The van der Waals surface area contributed by atoms with Gasteiger partial charge in [0.25, 0.3) is 0 Å². The number of hydrogen-bond donors (Lipinski definition) is 0. The molecular weight excluding hydrogens is 242 g/mol. The van der Waals surface area contributed by atoms with Crippen LogP contribution in [0.25, 0.3) is 0 Å². The third kappa shape index (κ3) is 1.52. The molecule has 0 saturated heterocycles. The Hall–Kier alpha value is -1.06. The van der Waals surface area contributed by atoms with Crippen molar-refractivity contribution in [2.45, 2.75) is 58.5 Å². The number of carbonyl (C=O) groups excluding carboxylic acids is 1. The van der Waals surface area contributed by atoms with Crippen LogP contribution in [0.1, 0.15) is 52.9 Å². The van der Waals surface area contributed by atoms with Crippen molar-refractivity contribution < 1.29 is 14.4 Å². The van der Waals surface area contributed by atoms with E-state index in [-0.39, 0.29) is 11.4 Å². The van der Waals surface area contributed by atoms with Crippen LogP contribution in [0.2, 0.25) is 0 Å². The second kappa shape index (κ2) is 4.22. The molecule has 1 heterocycles. The zero-order chi connectivity index (χ0) is 13.7. The number of carbonyl (C=O) groups is 1. The van der Waals surface area contributed by atoms with Gasteiger partial charge >= 0.3 is 5.97 Å². The molecule has 0 N–H and O–H groups in total. The first-order valence-electron chi connectivity index (χ1n) is 7.52. The summed E-state index contributed by atoms with van der Waals surface area (Å²) >= 11 is 0. The first-order chi connectivity index (χ1) is 9.08. The van der Waals surface area contributed by atoms with E-state index in [0.717, 1.165) is 25.0 Å². The predicted molar refractivity (Wildman–Crippen MR) is 71.7 cm³/mol. The highest BCUT2D eigenvalue weighted by Crippen LogP contribution is 2.65. The minimum Gasteiger partial charge on any atom is -0.463 e. The van der Waals surface area contributed by atoms with Gasteiger partial charge in [-0.1, -0.05) is 19.0 Å². The molecule has 0 aromatic carbocycles. The third-order valence-corrected chi connectivity index (χ3v) is 5.00. The number of esters is 1. The molecule has 106 valence electrons. The second-order valence-electron chi connectivity index (χ2n) is 6.37. The van der Waals surface area contributed by atoms with Crippen LogP contribution in [0.4, 0.5) is 0 Å². The Labute approximate surface area is 114 Å². The first-order valence-corrected chi connectivity index (χ1v) is 7.52. The molecule has 0 aromatic rings. The number of nitrogens with zero attached hydrogens (tertiary/aromatic N) is 1. The average molecular weight is 265 g/mol. The highest BCUT2D eigenvalue weighted by molar-refractivity contribution is 6.01. The summed E-state index contributed by atoms with van der Waals surface area (Å²) in [5.74, 6) is 0.692. The van der Waals surface area contributed by atoms with E-state index in [2.05, 4.69) is 19.0 Å². The Kier molecular flexibility index (Phi) is 2.88. The quantitative estimate of drug-likeness (QED) is 0.734. The van der Waals surface area contributed by atoms with E-state index >= 15 is 0 Å². The SMILES string of the molecule is CCOC(=O)C12CCCC1(C1CC1)C(C(C)C)=NO2. The van der Waals surface area contributed by atoms with Crippen molar-refractivity contribution in [3.8, 4) is 0 Å². The smallest absolute Gasteiger partial charge is 0.354 e. The van der Waals surface area contributed by atoms with Gasteiger partial charge in [0.15, 0.2) is 0 Å². The summed E-state index contributed by atoms with van der Waals surface area (Å²) in [5, 5.41) is 4.34. The Bertz CT molecular complexity index is 427. The molecule has 0 bridgehead atoms. The third-order valence-electron chi connectivity index (χ3n) is 5.00. The lowest BCUT2D eigenvalue weighted by atomic mass is 9.65. The number of ether oxygens (including phenoxy) is 1. The normalized spacial score (nSPS) is 36.9. The van der Waals surface area contributed by atoms with E-state index in [1.54, 1.807) is 0 Å². The van der Waals surface area contributed by atoms with Gasteiger partial charge in [-0.2, -0.15) is 0 Å². The Balaban J connectivity index is 2.03. The van der Waals surface area contributed by atoms with Crippen molar-refractivity contribution in [3.63, 3.8) is 0 Å². The number of rotatable bonds is 4. The summed E-state index contributed by atoms with van der Waals surface area (Å²) in [6.07, 6.45) is 5.18. The molecular formula is C15H23NO3. The van der Waals surface area contributed by atoms with Crippen molar-refractivity contribution in [2.24, 2.45) is 22.4 Å². The zero-order valence-electron chi connectivity index (χ0n) is 12.1. The van der Waals surface area contributed by atoms with Crippen LogP contribution in [-0.2, 0) is 14.4 Å². The summed E-state index contributed by atoms with van der Waals surface area (Å²) in [7, 11) is 0. The summed E-state index contributed by atoms with van der Waals surface area (Å²) in [6, 6.07) is 0. The topological polar surface area (TPSA) is 47.9 Å². The van der Waals surface area contributed by atoms with Gasteiger partial charge in [-0.25, -0.2) is 4.79 Å². The van der Waals surface area contributed by atoms with Gasteiger partial charge < -0.3 is 9.57 Å². The van der Waals surface area contributed by atoms with Crippen LogP contribution in [0.3, 0.4) is 0 Å². The van der Waals surface area contributed by atoms with E-state index in [0.29, 0.717) is 18.4 Å². The van der Waals surface area contributed by atoms with Crippen LogP contribution in [0, 0.1) is 17.3 Å². The van der Waals surface area contributed by atoms with E-state index in [1.807, 2.05) is 6.92 Å². The lowest BCUT2D eigenvalue weighted by Crippen LogP contribution is -2.54. The summed E-state index contributed by atoms with van der Waals surface area (Å²) in [6.45, 7) is 6.54. The van der Waals surface area contributed by atoms with Gasteiger partial charge in [-0.3, -0.25) is 0 Å². The molecule has 1 aliphatic heterocycles. The molecule has 0 spiro atoms. The van der Waals surface area contributed by atoms with Gasteiger partial charge in [-0.15, -0.1) is 0 Å². The highest BCUT2D eigenvalue weighted by atomic mass is 16.7. The lowest BCUT2D eigenvalue weighted by molar-refractivity contribution is -0.178. The summed E-state index contributed by atoms with van der Waals surface area (Å²) in [5.41, 5.74) is 0.109. The molecule has 2 aliphatic carbocycles. The number of oxime groups is 1. The minimum absolute atomic E-state index is 0.173. The molecule has 0 amide bonds. The fourth-order valence-electron chi connectivity index (χ4n) is 4.22. The predicted octanol–water partition coefficient (Wildman–Crippen LogP) is 2.91. The molecule has 2 saturated carbocycles. The van der Waals surface area contributed by atoms with Gasteiger partial charge in [-0.05, 0) is 44.4 Å². The van der Waals surface area contributed by atoms with Crippen molar-refractivity contribution in [3.05, 3.63) is 0 Å². The van der Waals surface area contributed by atoms with Gasteiger partial charge in [0.2, 0.25) is 5.60 Å². The molecule has 4 heteroatoms. The van der Waals surface area contributed by atoms with Crippen molar-refractivity contribution >= 4 is 11.7 Å². The van der Waals surface area contributed by atoms with Crippen LogP contribution in [-0.4, -0.2) is 23.9 Å². The van der Waals surface area contributed by atoms with Crippen LogP contribution >= 0.6 is 0 Å². The van der Waals surface area contributed by atoms with Gasteiger partial charge in [0.05, 0.1) is 17.7 Å². The molecule has 0 aromatic heterocycles. The molecule has 3 aliphatic rings. The van der Waals surface area contributed by atoms with Gasteiger partial charge in [0.1, 0.15) is 0 Å². The molecule has 2 atom stereocenters. The van der Waals surface area contributed by atoms with Crippen molar-refractivity contribution in [1.82, 2.24) is 0 Å². The highest BCUT2D eigenvalue weighted by Gasteiger charge is 2.73. The molecule has 0 radical (unpaired) electrons. The summed E-state index contributed by atoms with van der Waals surface area (Å²) < 4.78 is 5.32. The Morgan fingerprint density at radius 3 is 2.79 bits per heavy atom. The molecule has 19 heavy (non-hydrogen) atoms. The number of fused-ring (bicyclic) bond motifs is 1. The van der Waals surface area contributed by atoms with Crippen molar-refractivity contribution in [1.29, 1.82) is 0 Å². The largest absolute Gasteiger partial charge is 0.463 e. The molecule has 2 fully saturated rings. The fourth-order valence-corrected chi connectivity index (χ4v) is 4.22. The minimum atomic E-state index is -0.816. The Morgan fingerprint density at radius 2 is 2.21 bits per heavy atom. The van der Waals surface area contributed by atoms with Crippen LogP contribution in [0.15, 0.2) is 5.16 Å². The van der Waals surface area contributed by atoms with Crippen molar-refractivity contribution in [2.75, 3.05) is 6.61 Å². The average Bonchev–Trinajstić information content (AvgIpc) is 3.04. The standard InChI is InChI=1S/C15H23NO3/c1-4-18-13(17)15-9-5-8-14(15,11-6-7-11)12(10(2)3)16-19-15/h10-11H,4-9H2,1-3H3. The molecule has 4 nitrogen and oxygen atoms in total. The molecule has 3 rings (SSSR count). The maximum absolute atomic E-state index is 12.5. The monoisotopic (exact) mass is 265 g/mol. The lowest BCUT2D eigenvalue weighted by Gasteiger charge is -2.37. The zero-order valence-corrected chi connectivity index (χ0v) is 12.1. The molecule has 2 unspecified atom stereocenters. The fraction of sp³-hybridized carbons (Fsp3) is 0.867. The van der Waals surface area contributed by atoms with E-state index < -0.39 is 5.60 Å². The van der Waals surface area contributed by atoms with Gasteiger partial charge in [0, 0.05) is 6.42 Å². The maximum atomic E-state index is 12.5. The van der Waals surface area contributed by atoms with E-state index in [9.17, 15) is 4.79 Å². The Morgan fingerprint density at radius 1 is 1.47 bits per heavy atom. The van der Waals surface area contributed by atoms with Crippen LogP contribution < -0.4 is 0 Å². The summed E-state index contributed by atoms with van der Waals surface area (Å²) in [4.78, 5) is 18.3. The number of hydrogen-bond acceptors (Lipinski definition) is 4. The van der Waals surface area contributed by atoms with E-state index in [4.69, 9.17) is 9.57 Å².